The van der Waals surface area contributed by atoms with Crippen molar-refractivity contribution in [1.82, 2.24) is 0 Å². The van der Waals surface area contributed by atoms with E-state index in [4.69, 9.17) is 10.7 Å². The maximum absolute atomic E-state index is 9.62. The summed E-state index contributed by atoms with van der Waals surface area (Å²) in [5.41, 5.74) is -0.281. The molecule has 0 N–H and O–H groups in total. The van der Waals surface area contributed by atoms with Crippen LogP contribution in [0.15, 0.2) is 17.8 Å². The predicted octanol–water partition coefficient (Wildman–Crippen LogP) is -2.53. The normalized spacial score (nSPS) is 7.55. The van der Waals surface area contributed by atoms with E-state index in [-0.39, 0.29) is 57.0 Å². The number of hydrogen-bond acceptors (Lipinski definition) is 3. The summed E-state index contributed by atoms with van der Waals surface area (Å²) in [4.78, 5) is 8.88. The molecular formula is C5H2KN3O2. The molecule has 0 unspecified atom stereocenters. The molecule has 0 spiro atoms. The number of nitro groups is 1. The van der Waals surface area contributed by atoms with Crippen molar-refractivity contribution in [2.75, 3.05) is 0 Å². The minimum atomic E-state index is -0.741. The van der Waals surface area contributed by atoms with Crippen molar-refractivity contribution in [3.05, 3.63) is 33.4 Å². The number of rotatable bonds is 2. The Labute approximate surface area is 105 Å². The number of nitriles is 1. The molecule has 0 heterocycles. The van der Waals surface area contributed by atoms with Gasteiger partial charge in [-0.1, -0.05) is 0 Å². The maximum atomic E-state index is 9.62. The van der Waals surface area contributed by atoms with Gasteiger partial charge in [0.1, 0.15) is 6.07 Å². The van der Waals surface area contributed by atoms with Crippen molar-refractivity contribution >= 4 is 5.87 Å². The van der Waals surface area contributed by atoms with Crippen LogP contribution in [0.1, 0.15) is 0 Å². The molecule has 0 radical (unpaired) electrons. The largest absolute Gasteiger partial charge is 1.00 e. The maximum Gasteiger partial charge on any atom is 1.00 e. The predicted molar refractivity (Wildman–Crippen MR) is 33.6 cm³/mol. The van der Waals surface area contributed by atoms with Gasteiger partial charge in [0.25, 0.3) is 0 Å². The smallest absolute Gasteiger partial charge is 0.762 e. The van der Waals surface area contributed by atoms with Crippen LogP contribution < -0.4 is 51.4 Å². The SMILES string of the molecule is N#CC(=C=[N-])/C=C/[N+](=O)[O-].[K+]. The molecule has 0 amide bonds. The Hall–Kier alpha value is -0.284. The molecule has 0 aliphatic heterocycles. The summed E-state index contributed by atoms with van der Waals surface area (Å²) in [5, 5.41) is 25.7. The van der Waals surface area contributed by atoms with Crippen molar-refractivity contribution in [3.63, 3.8) is 0 Å². The van der Waals surface area contributed by atoms with Gasteiger partial charge in [-0.25, -0.2) is 0 Å². The summed E-state index contributed by atoms with van der Waals surface area (Å²) in [6.45, 7) is 0. The zero-order valence-electron chi connectivity index (χ0n) is 5.81. The van der Waals surface area contributed by atoms with E-state index in [2.05, 4.69) is 0 Å². The molecule has 6 heteroatoms. The molecule has 0 saturated carbocycles. The molecule has 0 aromatic heterocycles. The van der Waals surface area contributed by atoms with Gasteiger partial charge in [-0.3, -0.25) is 16.0 Å². The second kappa shape index (κ2) is 7.82. The molecule has 0 atom stereocenters. The third kappa shape index (κ3) is 7.61. The molecule has 0 aromatic rings. The third-order valence-corrected chi connectivity index (χ3v) is 0.604. The summed E-state index contributed by atoms with van der Waals surface area (Å²) < 4.78 is 0. The van der Waals surface area contributed by atoms with Crippen molar-refractivity contribution < 1.29 is 56.3 Å². The first kappa shape index (κ1) is 13.3. The molecule has 0 saturated heterocycles. The number of nitrogens with zero attached hydrogens (tertiary/aromatic N) is 3. The number of hydrogen-bond donors (Lipinski definition) is 0. The summed E-state index contributed by atoms with van der Waals surface area (Å²) in [5.74, 6) is 1.47. The fourth-order valence-electron chi connectivity index (χ4n) is 0.235. The van der Waals surface area contributed by atoms with Crippen LogP contribution in [0.5, 0.6) is 0 Å². The van der Waals surface area contributed by atoms with Crippen molar-refractivity contribution in [3.8, 4) is 6.07 Å². The minimum absolute atomic E-state index is 0. The Bertz CT molecular complexity index is 259. The first-order valence-electron chi connectivity index (χ1n) is 2.19. The minimum Gasteiger partial charge on any atom is -0.762 e. The Balaban J connectivity index is 0. The average molecular weight is 175 g/mol. The van der Waals surface area contributed by atoms with Gasteiger partial charge in [0.05, 0.1) is 10.5 Å². The van der Waals surface area contributed by atoms with Gasteiger partial charge in [0.15, 0.2) is 0 Å². The van der Waals surface area contributed by atoms with Crippen LogP contribution in [0.3, 0.4) is 0 Å². The van der Waals surface area contributed by atoms with E-state index in [1.165, 1.54) is 11.9 Å². The first-order valence-corrected chi connectivity index (χ1v) is 2.19. The summed E-state index contributed by atoms with van der Waals surface area (Å²) >= 11 is 0. The zero-order chi connectivity index (χ0) is 7.98. The molecule has 0 bridgehead atoms. The van der Waals surface area contributed by atoms with Crippen LogP contribution in [0.4, 0.5) is 0 Å². The van der Waals surface area contributed by atoms with Gasteiger partial charge in [-0.2, -0.15) is 5.26 Å². The Morgan fingerprint density at radius 2 is 2.27 bits per heavy atom. The van der Waals surface area contributed by atoms with Crippen molar-refractivity contribution in [2.24, 2.45) is 0 Å². The molecule has 11 heavy (non-hydrogen) atoms. The van der Waals surface area contributed by atoms with Gasteiger partial charge < -0.3 is 5.41 Å². The molecule has 50 valence electrons. The van der Waals surface area contributed by atoms with E-state index < -0.39 is 4.92 Å². The Morgan fingerprint density at radius 1 is 1.73 bits per heavy atom. The van der Waals surface area contributed by atoms with Crippen LogP contribution in [-0.4, -0.2) is 10.8 Å². The monoisotopic (exact) mass is 175 g/mol. The van der Waals surface area contributed by atoms with Crippen LogP contribution in [-0.2, 0) is 0 Å². The van der Waals surface area contributed by atoms with E-state index in [1.54, 1.807) is 0 Å². The first-order chi connectivity index (χ1) is 4.70. The molecular weight excluding hydrogens is 173 g/mol. The quantitative estimate of drug-likeness (QED) is 0.116. The van der Waals surface area contributed by atoms with Crippen molar-refractivity contribution in [2.45, 2.75) is 0 Å². The van der Waals surface area contributed by atoms with E-state index in [1.807, 2.05) is 0 Å². The summed E-state index contributed by atoms with van der Waals surface area (Å²) in [7, 11) is 0. The summed E-state index contributed by atoms with van der Waals surface area (Å²) in [6, 6.07) is 1.47. The Kier molecular flexibility index (Phi) is 9.47. The van der Waals surface area contributed by atoms with E-state index in [0.717, 1.165) is 6.08 Å². The molecule has 0 fully saturated rings. The van der Waals surface area contributed by atoms with Gasteiger partial charge in [-0.15, -0.1) is 0 Å². The summed E-state index contributed by atoms with van der Waals surface area (Å²) in [6.07, 6.45) is 1.39. The van der Waals surface area contributed by atoms with E-state index in [9.17, 15) is 10.1 Å². The van der Waals surface area contributed by atoms with E-state index in [0.29, 0.717) is 6.20 Å². The van der Waals surface area contributed by atoms with Gasteiger partial charge in [-0.05, 0) is 0 Å². The van der Waals surface area contributed by atoms with Gasteiger partial charge in [0, 0.05) is 6.08 Å². The molecule has 0 rings (SSSR count). The van der Waals surface area contributed by atoms with Gasteiger partial charge in [0.2, 0.25) is 6.20 Å². The fraction of sp³-hybridized carbons (Fsp3) is 0. The molecule has 0 aliphatic rings. The standard InChI is InChI=1S/C5H2N3O2.K/c6-3-5(4-7)1-2-8(9)10;/h1-2H;/q-1;+1/b2-1+;. The second-order valence-corrected chi connectivity index (χ2v) is 1.24. The Morgan fingerprint density at radius 3 is 2.55 bits per heavy atom. The van der Waals surface area contributed by atoms with Gasteiger partial charge >= 0.3 is 51.4 Å². The molecule has 5 nitrogen and oxygen atoms in total. The topological polar surface area (TPSA) is 89.2 Å². The average Bonchev–Trinajstić information content (AvgIpc) is 1.90. The molecule has 0 aromatic carbocycles. The van der Waals surface area contributed by atoms with Crippen LogP contribution >= 0.6 is 0 Å². The molecule has 0 aliphatic carbocycles. The third-order valence-electron chi connectivity index (χ3n) is 0.604. The fourth-order valence-corrected chi connectivity index (χ4v) is 0.235. The van der Waals surface area contributed by atoms with Crippen molar-refractivity contribution in [1.29, 1.82) is 5.26 Å². The second-order valence-electron chi connectivity index (χ2n) is 1.24. The zero-order valence-corrected chi connectivity index (χ0v) is 8.94. The van der Waals surface area contributed by atoms with Crippen LogP contribution in [0.25, 0.3) is 5.41 Å². The number of allylic oxidation sites excluding steroid dienone is 2. The van der Waals surface area contributed by atoms with Crippen LogP contribution in [0, 0.1) is 21.4 Å². The van der Waals surface area contributed by atoms with Crippen LogP contribution in [0.2, 0.25) is 0 Å². The van der Waals surface area contributed by atoms with E-state index >= 15 is 0 Å².